The summed E-state index contributed by atoms with van der Waals surface area (Å²) in [6.45, 7) is 5.01. The Balaban J connectivity index is 2.48. The van der Waals surface area contributed by atoms with E-state index in [0.29, 0.717) is 18.9 Å². The molecule has 0 heterocycles. The highest BCUT2D eigenvalue weighted by atomic mass is 16.1. The lowest BCUT2D eigenvalue weighted by atomic mass is 10.0. The topological polar surface area (TPSA) is 41.1 Å². The first-order valence-electron chi connectivity index (χ1n) is 5.68. The highest BCUT2D eigenvalue weighted by Gasteiger charge is 2.01. The van der Waals surface area contributed by atoms with Gasteiger partial charge in [-0.1, -0.05) is 26.0 Å². The Morgan fingerprint density at radius 2 is 2.12 bits per heavy atom. The van der Waals surface area contributed by atoms with Crippen molar-refractivity contribution in [3.8, 4) is 0 Å². The van der Waals surface area contributed by atoms with Crippen molar-refractivity contribution in [3.05, 3.63) is 29.8 Å². The second-order valence-electron chi connectivity index (χ2n) is 4.13. The summed E-state index contributed by atoms with van der Waals surface area (Å²) < 4.78 is 0. The molecule has 0 unspecified atom stereocenters. The fourth-order valence-corrected chi connectivity index (χ4v) is 1.45. The van der Waals surface area contributed by atoms with Crippen LogP contribution in [0.15, 0.2) is 24.3 Å². The summed E-state index contributed by atoms with van der Waals surface area (Å²) in [4.78, 5) is 11.0. The molecule has 0 spiro atoms. The maximum atomic E-state index is 11.0. The predicted molar refractivity (Wildman–Crippen MR) is 67.7 cm³/mol. The third-order valence-electron chi connectivity index (χ3n) is 2.51. The first-order valence-corrected chi connectivity index (χ1v) is 5.68. The van der Waals surface area contributed by atoms with E-state index in [4.69, 9.17) is 0 Å². The quantitative estimate of drug-likeness (QED) is 0.799. The van der Waals surface area contributed by atoms with Gasteiger partial charge in [-0.15, -0.1) is 0 Å². The van der Waals surface area contributed by atoms with Crippen LogP contribution in [0.3, 0.4) is 0 Å². The van der Waals surface area contributed by atoms with E-state index in [1.807, 2.05) is 12.1 Å². The van der Waals surface area contributed by atoms with Crippen LogP contribution in [0.5, 0.6) is 0 Å². The summed E-state index contributed by atoms with van der Waals surface area (Å²) in [6.07, 6.45) is 0.502. The van der Waals surface area contributed by atoms with Crippen LogP contribution in [0.2, 0.25) is 0 Å². The van der Waals surface area contributed by atoms with Gasteiger partial charge >= 0.3 is 0 Å². The van der Waals surface area contributed by atoms with Crippen LogP contribution in [0.25, 0.3) is 0 Å². The van der Waals surface area contributed by atoms with Crippen LogP contribution in [0, 0.1) is 0 Å². The number of carbonyl (C=O) groups is 1. The Morgan fingerprint density at radius 3 is 2.75 bits per heavy atom. The zero-order valence-electron chi connectivity index (χ0n) is 10.2. The van der Waals surface area contributed by atoms with E-state index in [9.17, 15) is 4.79 Å². The van der Waals surface area contributed by atoms with Crippen molar-refractivity contribution >= 4 is 11.6 Å². The molecule has 2 N–H and O–H groups in total. The number of hydrogen-bond donors (Lipinski definition) is 2. The standard InChI is InChI=1S/C13H20N2O/c1-10(2)11-5-4-6-12(9-11)15-8-7-13(16)14-3/h4-6,9-10,15H,7-8H2,1-3H3,(H,14,16). The highest BCUT2D eigenvalue weighted by Crippen LogP contribution is 2.18. The molecular formula is C13H20N2O. The number of nitrogens with one attached hydrogen (secondary N) is 2. The van der Waals surface area contributed by atoms with Gasteiger partial charge in [0, 0.05) is 25.7 Å². The fourth-order valence-electron chi connectivity index (χ4n) is 1.45. The Kier molecular flexibility index (Phi) is 4.83. The van der Waals surface area contributed by atoms with Gasteiger partial charge in [0.1, 0.15) is 0 Å². The van der Waals surface area contributed by atoms with Gasteiger partial charge in [-0.05, 0) is 23.6 Å². The average Bonchev–Trinajstić information content (AvgIpc) is 2.29. The highest BCUT2D eigenvalue weighted by molar-refractivity contribution is 5.76. The SMILES string of the molecule is CNC(=O)CCNc1cccc(C(C)C)c1. The molecule has 0 bridgehead atoms. The third-order valence-corrected chi connectivity index (χ3v) is 2.51. The minimum absolute atomic E-state index is 0.0625. The third kappa shape index (κ3) is 3.93. The van der Waals surface area contributed by atoms with Gasteiger partial charge in [0.2, 0.25) is 5.91 Å². The summed E-state index contributed by atoms with van der Waals surface area (Å²) in [7, 11) is 1.65. The molecule has 0 aliphatic carbocycles. The number of amides is 1. The second kappa shape index (κ2) is 6.16. The van der Waals surface area contributed by atoms with Crippen molar-refractivity contribution in [2.45, 2.75) is 26.2 Å². The zero-order chi connectivity index (χ0) is 12.0. The molecule has 0 aliphatic rings. The normalized spacial score (nSPS) is 10.2. The molecular weight excluding hydrogens is 200 g/mol. The summed E-state index contributed by atoms with van der Waals surface area (Å²) >= 11 is 0. The van der Waals surface area contributed by atoms with Crippen molar-refractivity contribution in [2.24, 2.45) is 0 Å². The lowest BCUT2D eigenvalue weighted by Gasteiger charge is -2.10. The molecule has 0 fully saturated rings. The van der Waals surface area contributed by atoms with Gasteiger partial charge in [-0.25, -0.2) is 0 Å². The van der Waals surface area contributed by atoms with Crippen LogP contribution in [-0.4, -0.2) is 19.5 Å². The molecule has 1 aromatic carbocycles. The van der Waals surface area contributed by atoms with E-state index in [0.717, 1.165) is 5.69 Å². The predicted octanol–water partition coefficient (Wildman–Crippen LogP) is 2.36. The molecule has 0 saturated carbocycles. The fraction of sp³-hybridized carbons (Fsp3) is 0.462. The van der Waals surface area contributed by atoms with Crippen LogP contribution in [0.4, 0.5) is 5.69 Å². The monoisotopic (exact) mass is 220 g/mol. The maximum Gasteiger partial charge on any atom is 0.221 e. The van der Waals surface area contributed by atoms with Gasteiger partial charge in [0.15, 0.2) is 0 Å². The van der Waals surface area contributed by atoms with Crippen LogP contribution in [-0.2, 0) is 4.79 Å². The number of benzene rings is 1. The minimum Gasteiger partial charge on any atom is -0.385 e. The first-order chi connectivity index (χ1) is 7.63. The van der Waals surface area contributed by atoms with Crippen molar-refractivity contribution in [1.29, 1.82) is 0 Å². The molecule has 1 aromatic rings. The van der Waals surface area contributed by atoms with Gasteiger partial charge < -0.3 is 10.6 Å². The molecule has 0 radical (unpaired) electrons. The second-order valence-corrected chi connectivity index (χ2v) is 4.13. The molecule has 3 heteroatoms. The molecule has 0 aromatic heterocycles. The van der Waals surface area contributed by atoms with Crippen molar-refractivity contribution in [1.82, 2.24) is 5.32 Å². The largest absolute Gasteiger partial charge is 0.385 e. The van der Waals surface area contributed by atoms with Gasteiger partial charge in [0.05, 0.1) is 0 Å². The maximum absolute atomic E-state index is 11.0. The molecule has 0 saturated heterocycles. The number of anilines is 1. The number of carbonyl (C=O) groups excluding carboxylic acids is 1. The van der Waals surface area contributed by atoms with Crippen molar-refractivity contribution in [2.75, 3.05) is 18.9 Å². The zero-order valence-corrected chi connectivity index (χ0v) is 10.2. The van der Waals surface area contributed by atoms with Gasteiger partial charge in [-0.3, -0.25) is 4.79 Å². The molecule has 16 heavy (non-hydrogen) atoms. The molecule has 88 valence electrons. The molecule has 0 atom stereocenters. The molecule has 3 nitrogen and oxygen atoms in total. The summed E-state index contributed by atoms with van der Waals surface area (Å²) in [5.74, 6) is 0.591. The number of rotatable bonds is 5. The van der Waals surface area contributed by atoms with Crippen LogP contribution in [0.1, 0.15) is 31.7 Å². The van der Waals surface area contributed by atoms with E-state index in [1.54, 1.807) is 7.05 Å². The summed E-state index contributed by atoms with van der Waals surface area (Å²) in [5.41, 5.74) is 2.39. The van der Waals surface area contributed by atoms with E-state index >= 15 is 0 Å². The lowest BCUT2D eigenvalue weighted by molar-refractivity contribution is -0.120. The smallest absolute Gasteiger partial charge is 0.221 e. The molecule has 1 rings (SSSR count). The van der Waals surface area contributed by atoms with Crippen molar-refractivity contribution < 1.29 is 4.79 Å². The van der Waals surface area contributed by atoms with E-state index in [2.05, 4.69) is 36.6 Å². The molecule has 1 amide bonds. The van der Waals surface area contributed by atoms with E-state index in [1.165, 1.54) is 5.56 Å². The minimum atomic E-state index is 0.0625. The Labute approximate surface area is 97.2 Å². The average molecular weight is 220 g/mol. The Bertz CT molecular complexity index is 348. The van der Waals surface area contributed by atoms with Crippen LogP contribution < -0.4 is 10.6 Å². The number of hydrogen-bond acceptors (Lipinski definition) is 2. The first kappa shape index (κ1) is 12.6. The molecule has 0 aliphatic heterocycles. The Morgan fingerprint density at radius 1 is 1.38 bits per heavy atom. The Hall–Kier alpha value is -1.51. The van der Waals surface area contributed by atoms with Crippen LogP contribution >= 0.6 is 0 Å². The summed E-state index contributed by atoms with van der Waals surface area (Å²) in [6, 6.07) is 8.32. The van der Waals surface area contributed by atoms with E-state index in [-0.39, 0.29) is 5.91 Å². The van der Waals surface area contributed by atoms with Gasteiger partial charge in [0.25, 0.3) is 0 Å². The lowest BCUT2D eigenvalue weighted by Crippen LogP contribution is -2.20. The van der Waals surface area contributed by atoms with Crippen molar-refractivity contribution in [3.63, 3.8) is 0 Å². The van der Waals surface area contributed by atoms with Gasteiger partial charge in [-0.2, -0.15) is 0 Å². The summed E-state index contributed by atoms with van der Waals surface area (Å²) in [5, 5.41) is 5.85. The van der Waals surface area contributed by atoms with E-state index < -0.39 is 0 Å².